The summed E-state index contributed by atoms with van der Waals surface area (Å²) in [6, 6.07) is 0. The number of esters is 1. The molecule has 3 N–H and O–H groups in total. The Kier molecular flexibility index (Phi) is 9.95. The van der Waals surface area contributed by atoms with Gasteiger partial charge in [-0.05, 0) is 31.1 Å². The molecule has 2 aliphatic rings. The third-order valence-corrected chi connectivity index (χ3v) is 6.87. The minimum absolute atomic E-state index is 0. The smallest absolute Gasteiger partial charge is 0.460 e. The molecule has 0 saturated heterocycles. The molecule has 2 fully saturated rings. The minimum Gasteiger partial charge on any atom is -0.460 e. The van der Waals surface area contributed by atoms with Gasteiger partial charge in [-0.25, -0.2) is 9.36 Å². The molecule has 0 aromatic carbocycles. The number of ether oxygens (including phenoxy) is 1. The fourth-order valence-corrected chi connectivity index (χ4v) is 5.45. The van der Waals surface area contributed by atoms with Crippen molar-refractivity contribution in [2.24, 2.45) is 16.7 Å². The number of rotatable bonds is 7. The Labute approximate surface area is 180 Å². The van der Waals surface area contributed by atoms with Gasteiger partial charge in [0, 0.05) is 29.1 Å². The second kappa shape index (κ2) is 10.2. The summed E-state index contributed by atoms with van der Waals surface area (Å²) in [6.07, 6.45) is 1.97. The van der Waals surface area contributed by atoms with Crippen LogP contribution in [0.15, 0.2) is 12.2 Å². The predicted octanol–water partition coefficient (Wildman–Crippen LogP) is 1.48. The molecule has 13 heteroatoms. The molecule has 2 aliphatic carbocycles. The maximum atomic E-state index is 11.9. The van der Waals surface area contributed by atoms with E-state index in [1.54, 1.807) is 0 Å². The van der Waals surface area contributed by atoms with Crippen LogP contribution in [-0.4, -0.2) is 53.5 Å². The third kappa shape index (κ3) is 7.56. The molecule has 2 saturated carbocycles. The molecular weight excluding hydrogens is 479 g/mol. The average molecular weight is 506 g/mol. The molecule has 10 nitrogen and oxygen atoms in total. The predicted molar refractivity (Wildman–Crippen MR) is 98.7 cm³/mol. The van der Waals surface area contributed by atoms with Crippen LogP contribution in [0.25, 0.3) is 0 Å². The van der Waals surface area contributed by atoms with Crippen molar-refractivity contribution in [3.8, 4) is 0 Å². The van der Waals surface area contributed by atoms with Crippen molar-refractivity contribution in [3.63, 3.8) is 0 Å². The Hall–Kier alpha value is -0.581. The molecule has 2 rings (SSSR count). The number of hydrogen-bond acceptors (Lipinski definition) is 7. The number of ketones is 1. The van der Waals surface area contributed by atoms with Crippen LogP contribution in [0.4, 0.5) is 0 Å². The van der Waals surface area contributed by atoms with E-state index in [-0.39, 0.29) is 53.0 Å². The average Bonchev–Trinajstić information content (AvgIpc) is 2.83. The van der Waals surface area contributed by atoms with Crippen molar-refractivity contribution in [2.75, 3.05) is 19.0 Å². The summed E-state index contributed by atoms with van der Waals surface area (Å²) in [5.41, 5.74) is -0.901. The van der Waals surface area contributed by atoms with E-state index in [1.807, 2.05) is 13.8 Å². The number of phosphoric acid groups is 1. The van der Waals surface area contributed by atoms with Crippen molar-refractivity contribution in [1.29, 1.82) is 0 Å². The van der Waals surface area contributed by atoms with Crippen LogP contribution < -0.4 is 0 Å². The quantitative estimate of drug-likeness (QED) is 0.115. The normalized spacial score (nSPS) is 24.9. The molecule has 0 aromatic rings. The fourth-order valence-electron chi connectivity index (χ4n) is 3.83. The first kappa shape index (κ1) is 28.4. The van der Waals surface area contributed by atoms with E-state index in [9.17, 15) is 22.6 Å². The van der Waals surface area contributed by atoms with Gasteiger partial charge in [0.15, 0.2) is 0 Å². The monoisotopic (exact) mass is 505 g/mol. The zero-order valence-electron chi connectivity index (χ0n) is 16.4. The number of Topliss-reactive ketones (excluding diaryl/α,β-unsaturated/α-hetero) is 1. The van der Waals surface area contributed by atoms with E-state index in [4.69, 9.17) is 14.3 Å². The second-order valence-corrected chi connectivity index (χ2v) is 10.3. The van der Waals surface area contributed by atoms with Gasteiger partial charge in [-0.3, -0.25) is 13.9 Å². The standard InChI is InChI=1S/C10H16O4S.C6H11O6P.Cu/c1-9(2)7-3-4-10(9,8(11)5-7)6-15(12,13)14;1-5(2)6(7)11-3-4-12-13(8,9)10;/h7H,3-6H2,1-2H3,(H,12,13,14);1,3-4H2,2H3,(H2,8,9,10);. The van der Waals surface area contributed by atoms with Crippen LogP contribution >= 0.6 is 7.82 Å². The van der Waals surface area contributed by atoms with E-state index in [1.165, 1.54) is 6.92 Å². The summed E-state index contributed by atoms with van der Waals surface area (Å²) >= 11 is 0. The van der Waals surface area contributed by atoms with Crippen LogP contribution in [-0.2, 0) is 50.6 Å². The number of fused-ring (bicyclic) bond motifs is 2. The number of carbonyl (C=O) groups excluding carboxylic acids is 2. The van der Waals surface area contributed by atoms with Gasteiger partial charge < -0.3 is 14.5 Å². The number of hydrogen-bond donors (Lipinski definition) is 3. The fraction of sp³-hybridized carbons (Fsp3) is 0.750. The Balaban J connectivity index is 0.000000530. The molecule has 2 atom stereocenters. The van der Waals surface area contributed by atoms with Crippen LogP contribution in [0.1, 0.15) is 40.0 Å². The van der Waals surface area contributed by atoms with E-state index in [0.717, 1.165) is 6.42 Å². The molecule has 173 valence electrons. The molecule has 29 heavy (non-hydrogen) atoms. The van der Waals surface area contributed by atoms with Crippen LogP contribution in [0.5, 0.6) is 0 Å². The van der Waals surface area contributed by atoms with Crippen molar-refractivity contribution in [3.05, 3.63) is 12.2 Å². The molecule has 2 unspecified atom stereocenters. The van der Waals surface area contributed by atoms with Gasteiger partial charge in [-0.2, -0.15) is 8.42 Å². The second-order valence-electron chi connectivity index (χ2n) is 7.63. The van der Waals surface area contributed by atoms with Crippen molar-refractivity contribution < 1.29 is 63.2 Å². The van der Waals surface area contributed by atoms with Gasteiger partial charge >= 0.3 is 13.8 Å². The summed E-state index contributed by atoms with van der Waals surface area (Å²) in [5.74, 6) is -0.718. The first-order chi connectivity index (χ1) is 12.5. The minimum atomic E-state index is -4.46. The van der Waals surface area contributed by atoms with Crippen molar-refractivity contribution in [2.45, 2.75) is 40.0 Å². The van der Waals surface area contributed by atoms with E-state index in [0.29, 0.717) is 12.8 Å². The zero-order chi connectivity index (χ0) is 22.0. The van der Waals surface area contributed by atoms with Gasteiger partial charge in [0.05, 0.1) is 17.8 Å². The van der Waals surface area contributed by atoms with E-state index >= 15 is 0 Å². The van der Waals surface area contributed by atoms with Gasteiger partial charge in [0.1, 0.15) is 12.4 Å². The molecule has 1 radical (unpaired) electrons. The van der Waals surface area contributed by atoms with Crippen LogP contribution in [0, 0.1) is 16.7 Å². The Morgan fingerprint density at radius 2 is 1.86 bits per heavy atom. The molecule has 0 spiro atoms. The Morgan fingerprint density at radius 1 is 1.31 bits per heavy atom. The molecule has 0 aliphatic heterocycles. The van der Waals surface area contributed by atoms with Gasteiger partial charge in [-0.15, -0.1) is 0 Å². The number of carbonyl (C=O) groups is 2. The molecule has 0 heterocycles. The molecular formula is C16H27CuO10PS. The Morgan fingerprint density at radius 3 is 2.21 bits per heavy atom. The summed E-state index contributed by atoms with van der Waals surface area (Å²) in [6.45, 7) is 8.11. The van der Waals surface area contributed by atoms with Crippen LogP contribution in [0.2, 0.25) is 0 Å². The first-order valence-electron chi connectivity index (χ1n) is 8.53. The van der Waals surface area contributed by atoms with E-state index < -0.39 is 35.1 Å². The Bertz CT molecular complexity index is 788. The zero-order valence-corrected chi connectivity index (χ0v) is 19.0. The van der Waals surface area contributed by atoms with Crippen LogP contribution in [0.3, 0.4) is 0 Å². The molecule has 2 bridgehead atoms. The third-order valence-electron chi connectivity index (χ3n) is 5.49. The van der Waals surface area contributed by atoms with Crippen molar-refractivity contribution in [1.82, 2.24) is 0 Å². The molecule has 0 aromatic heterocycles. The summed E-state index contributed by atoms with van der Waals surface area (Å²) in [4.78, 5) is 39.0. The van der Waals surface area contributed by atoms with Gasteiger partial charge in [0.25, 0.3) is 10.1 Å². The van der Waals surface area contributed by atoms with E-state index in [2.05, 4.69) is 15.8 Å². The first-order valence-corrected chi connectivity index (χ1v) is 11.7. The van der Waals surface area contributed by atoms with Gasteiger partial charge in [-0.1, -0.05) is 20.4 Å². The summed E-state index contributed by atoms with van der Waals surface area (Å²) in [5, 5.41) is 0. The maximum absolute atomic E-state index is 11.9. The maximum Gasteiger partial charge on any atom is 0.469 e. The van der Waals surface area contributed by atoms with Gasteiger partial charge in [0.2, 0.25) is 0 Å². The number of phosphoric ester groups is 1. The summed E-state index contributed by atoms with van der Waals surface area (Å²) < 4.78 is 49.6. The SMILES string of the molecule is C=C(C)C(=O)OCCOP(=O)(O)O.CC1(C)C2CCC1(CS(=O)(=O)O)C(=O)C2.[Cu]. The molecule has 0 amide bonds. The van der Waals surface area contributed by atoms with Crippen molar-refractivity contribution >= 4 is 29.7 Å². The summed E-state index contributed by atoms with van der Waals surface area (Å²) in [7, 11) is -8.54. The largest absolute Gasteiger partial charge is 0.469 e. The topological polar surface area (TPSA) is 164 Å².